The van der Waals surface area contributed by atoms with Crippen LogP contribution in [0.1, 0.15) is 31.2 Å². The fraction of sp³-hybridized carbons (Fsp3) is 0.400. The zero-order valence-corrected chi connectivity index (χ0v) is 12.6. The van der Waals surface area contributed by atoms with Gasteiger partial charge in [0.2, 0.25) is 0 Å². The Balaban J connectivity index is 2.10. The first-order valence-corrected chi connectivity index (χ1v) is 7.23. The van der Waals surface area contributed by atoms with Crippen LogP contribution in [0, 0.1) is 0 Å². The molecule has 0 saturated carbocycles. The Morgan fingerprint density at radius 2 is 1.90 bits per heavy atom. The summed E-state index contributed by atoms with van der Waals surface area (Å²) in [7, 11) is 0. The van der Waals surface area contributed by atoms with E-state index in [0.717, 1.165) is 5.56 Å². The first-order chi connectivity index (χ1) is 9.47. The summed E-state index contributed by atoms with van der Waals surface area (Å²) >= 11 is 2.29. The third kappa shape index (κ3) is 8.80. The summed E-state index contributed by atoms with van der Waals surface area (Å²) in [6.07, 6.45) is 4.44. The van der Waals surface area contributed by atoms with E-state index in [1.165, 1.54) is 6.08 Å². The Bertz CT molecular complexity index is 427. The summed E-state index contributed by atoms with van der Waals surface area (Å²) in [5.74, 6) is -0.417. The zero-order chi connectivity index (χ0) is 14.8. The molecule has 0 unspecified atom stereocenters. The highest BCUT2D eigenvalue weighted by molar-refractivity contribution is 9.09. The fourth-order valence-corrected chi connectivity index (χ4v) is 1.83. The number of alkyl halides is 3. The number of benzene rings is 1. The number of halogens is 3. The molecule has 0 aliphatic heterocycles. The molecule has 0 N–H and O–H groups in total. The van der Waals surface area contributed by atoms with Crippen LogP contribution in [0.15, 0.2) is 36.4 Å². The van der Waals surface area contributed by atoms with Crippen molar-refractivity contribution < 1.29 is 18.3 Å². The smallest absolute Gasteiger partial charge is 0.330 e. The monoisotopic (exact) mass is 346 g/mol. The first-order valence-electron chi connectivity index (χ1n) is 6.44. The third-order valence-corrected chi connectivity index (χ3v) is 2.96. The van der Waals surface area contributed by atoms with Crippen LogP contribution in [0.3, 0.4) is 0 Å². The minimum absolute atomic E-state index is 0.200. The molecule has 0 aliphatic rings. The van der Waals surface area contributed by atoms with E-state index in [4.69, 9.17) is 4.74 Å². The van der Waals surface area contributed by atoms with E-state index < -0.39 is 10.8 Å². The van der Waals surface area contributed by atoms with Crippen LogP contribution in [0.5, 0.6) is 0 Å². The van der Waals surface area contributed by atoms with Crippen LogP contribution in [0.4, 0.5) is 8.78 Å². The Morgan fingerprint density at radius 1 is 1.20 bits per heavy atom. The van der Waals surface area contributed by atoms with Crippen molar-refractivity contribution in [3.8, 4) is 0 Å². The van der Waals surface area contributed by atoms with E-state index in [1.807, 2.05) is 30.3 Å². The van der Waals surface area contributed by atoms with Gasteiger partial charge in [0.1, 0.15) is 0 Å². The van der Waals surface area contributed by atoms with Crippen molar-refractivity contribution in [2.24, 2.45) is 0 Å². The van der Waals surface area contributed by atoms with Gasteiger partial charge >= 0.3 is 10.8 Å². The first kappa shape index (κ1) is 16.8. The van der Waals surface area contributed by atoms with Gasteiger partial charge in [0.25, 0.3) is 0 Å². The molecule has 0 radical (unpaired) electrons. The van der Waals surface area contributed by atoms with Crippen molar-refractivity contribution in [3.05, 3.63) is 42.0 Å². The highest BCUT2D eigenvalue weighted by atomic mass is 79.9. The van der Waals surface area contributed by atoms with Crippen LogP contribution in [-0.4, -0.2) is 17.4 Å². The van der Waals surface area contributed by atoms with Gasteiger partial charge in [-0.05, 0) is 46.8 Å². The largest absolute Gasteiger partial charge is 0.463 e. The van der Waals surface area contributed by atoms with Gasteiger partial charge in [0, 0.05) is 12.5 Å². The normalized spacial score (nSPS) is 11.8. The molecule has 5 heteroatoms. The summed E-state index contributed by atoms with van der Waals surface area (Å²) in [6.45, 7) is 0.256. The predicted molar refractivity (Wildman–Crippen MR) is 78.8 cm³/mol. The number of rotatable bonds is 8. The highest BCUT2D eigenvalue weighted by Crippen LogP contribution is 2.28. The molecule has 0 aliphatic carbocycles. The van der Waals surface area contributed by atoms with Gasteiger partial charge in [-0.15, -0.1) is 0 Å². The molecular weight excluding hydrogens is 330 g/mol. The summed E-state index contributed by atoms with van der Waals surface area (Å²) < 4.78 is 29.9. The summed E-state index contributed by atoms with van der Waals surface area (Å²) in [5.41, 5.74) is 0.920. The maximum absolute atomic E-state index is 12.4. The highest BCUT2D eigenvalue weighted by Gasteiger charge is 2.22. The van der Waals surface area contributed by atoms with E-state index in [-0.39, 0.29) is 13.0 Å². The molecule has 1 aromatic carbocycles. The molecule has 0 saturated heterocycles. The zero-order valence-electron chi connectivity index (χ0n) is 11.0. The van der Waals surface area contributed by atoms with Gasteiger partial charge in [-0.3, -0.25) is 0 Å². The lowest BCUT2D eigenvalue weighted by Gasteiger charge is -2.07. The number of hydrogen-bond donors (Lipinski definition) is 0. The summed E-state index contributed by atoms with van der Waals surface area (Å²) in [6, 6.07) is 9.41. The van der Waals surface area contributed by atoms with Crippen LogP contribution in [-0.2, 0) is 9.53 Å². The lowest BCUT2D eigenvalue weighted by Crippen LogP contribution is -2.05. The Kier molecular flexibility index (Phi) is 7.44. The maximum atomic E-state index is 12.4. The van der Waals surface area contributed by atoms with E-state index in [9.17, 15) is 13.6 Å². The molecule has 1 rings (SSSR count). The maximum Gasteiger partial charge on any atom is 0.330 e. The number of esters is 1. The third-order valence-electron chi connectivity index (χ3n) is 2.56. The molecule has 0 spiro atoms. The molecular formula is C15H17BrF2O2. The lowest BCUT2D eigenvalue weighted by atomic mass is 10.2. The quantitative estimate of drug-likeness (QED) is 0.292. The molecule has 0 heterocycles. The number of unbranched alkanes of at least 4 members (excludes halogenated alkanes) is 2. The van der Waals surface area contributed by atoms with Crippen molar-refractivity contribution in [2.45, 2.75) is 30.5 Å². The van der Waals surface area contributed by atoms with Crippen LogP contribution in [0.25, 0.3) is 6.08 Å². The second-order valence-electron chi connectivity index (χ2n) is 4.34. The molecule has 0 fully saturated rings. The van der Waals surface area contributed by atoms with E-state index in [2.05, 4.69) is 15.9 Å². The topological polar surface area (TPSA) is 26.3 Å². The summed E-state index contributed by atoms with van der Waals surface area (Å²) in [5, 5.41) is 0. The molecule has 0 atom stereocenters. The lowest BCUT2D eigenvalue weighted by molar-refractivity contribution is -0.137. The van der Waals surface area contributed by atoms with Crippen LogP contribution < -0.4 is 0 Å². The Labute approximate surface area is 125 Å². The molecule has 0 amide bonds. The molecule has 0 aromatic heterocycles. The van der Waals surface area contributed by atoms with Crippen LogP contribution >= 0.6 is 15.9 Å². The molecule has 20 heavy (non-hydrogen) atoms. The molecule has 1 aromatic rings. The molecule has 0 bridgehead atoms. The van der Waals surface area contributed by atoms with Crippen molar-refractivity contribution in [1.29, 1.82) is 0 Å². The van der Waals surface area contributed by atoms with Gasteiger partial charge < -0.3 is 4.74 Å². The van der Waals surface area contributed by atoms with Crippen molar-refractivity contribution in [2.75, 3.05) is 6.61 Å². The second kappa shape index (κ2) is 8.84. The molecule has 2 nitrogen and oxygen atoms in total. The van der Waals surface area contributed by atoms with E-state index in [0.29, 0.717) is 19.3 Å². The fourth-order valence-electron chi connectivity index (χ4n) is 1.55. The van der Waals surface area contributed by atoms with Gasteiger partial charge in [-0.1, -0.05) is 30.3 Å². The number of carbonyl (C=O) groups is 1. The van der Waals surface area contributed by atoms with E-state index in [1.54, 1.807) is 6.08 Å². The van der Waals surface area contributed by atoms with Gasteiger partial charge in [0.05, 0.1) is 6.61 Å². The van der Waals surface area contributed by atoms with Crippen molar-refractivity contribution in [3.63, 3.8) is 0 Å². The predicted octanol–water partition coefficient (Wildman–Crippen LogP) is 4.79. The SMILES string of the molecule is O=C(C=Cc1ccccc1)OCCCCCC(F)(F)Br. The van der Waals surface area contributed by atoms with E-state index >= 15 is 0 Å². The summed E-state index contributed by atoms with van der Waals surface area (Å²) in [4.78, 5) is 8.58. The average Bonchev–Trinajstić information content (AvgIpc) is 2.40. The van der Waals surface area contributed by atoms with Gasteiger partial charge in [-0.2, -0.15) is 8.78 Å². The molecule has 110 valence electrons. The Hall–Kier alpha value is -1.23. The minimum Gasteiger partial charge on any atom is -0.463 e. The minimum atomic E-state index is -2.79. The number of hydrogen-bond acceptors (Lipinski definition) is 2. The van der Waals surface area contributed by atoms with Gasteiger partial charge in [-0.25, -0.2) is 4.79 Å². The average molecular weight is 347 g/mol. The van der Waals surface area contributed by atoms with Crippen molar-refractivity contribution in [1.82, 2.24) is 0 Å². The standard InChI is InChI=1S/C15H17BrF2O2/c16-15(17,18)11-5-2-6-12-20-14(19)10-9-13-7-3-1-4-8-13/h1,3-4,7-10H,2,5-6,11-12H2. The second-order valence-corrected chi connectivity index (χ2v) is 5.50. The van der Waals surface area contributed by atoms with Crippen molar-refractivity contribution >= 4 is 28.0 Å². The number of ether oxygens (including phenoxy) is 1. The Morgan fingerprint density at radius 3 is 2.55 bits per heavy atom. The van der Waals surface area contributed by atoms with Gasteiger partial charge in [0.15, 0.2) is 0 Å². The number of carbonyl (C=O) groups excluding carboxylic acids is 1. The van der Waals surface area contributed by atoms with Crippen LogP contribution in [0.2, 0.25) is 0 Å².